The average Bonchev–Trinajstić information content (AvgIpc) is 3.28. The van der Waals surface area contributed by atoms with Crippen LogP contribution in [0.3, 0.4) is 0 Å². The molecule has 1 aliphatic rings. The second kappa shape index (κ2) is 7.22. The van der Waals surface area contributed by atoms with Gasteiger partial charge in [0.1, 0.15) is 11.5 Å². The van der Waals surface area contributed by atoms with Crippen LogP contribution in [-0.4, -0.2) is 32.8 Å². The van der Waals surface area contributed by atoms with E-state index < -0.39 is 0 Å². The smallest absolute Gasteiger partial charge is 0.230 e. The Balaban J connectivity index is 1.45. The van der Waals surface area contributed by atoms with Gasteiger partial charge in [0, 0.05) is 30.3 Å². The van der Waals surface area contributed by atoms with Gasteiger partial charge in [-0.1, -0.05) is 0 Å². The van der Waals surface area contributed by atoms with Crippen LogP contribution in [0.5, 0.6) is 5.75 Å². The number of carbonyl (C=O) groups is 1. The standard InChI is InChI=1S/C22H19N5O3/c1-12-15-10-14(29-2)5-6-17(15)25-22(24-12)27-21-23-11-16-18(26-21)8-13(9-19(16)28)20-4-3-7-30-20/h3-7,10-11,13H,8-9H2,1-2H3,(H,23,24,25,26,27)/t13-/m1/s1. The highest BCUT2D eigenvalue weighted by Crippen LogP contribution is 2.32. The van der Waals surface area contributed by atoms with Gasteiger partial charge >= 0.3 is 0 Å². The molecule has 1 N–H and O–H groups in total. The zero-order chi connectivity index (χ0) is 20.7. The van der Waals surface area contributed by atoms with Crippen molar-refractivity contribution in [2.75, 3.05) is 12.4 Å². The third-order valence-corrected chi connectivity index (χ3v) is 5.30. The van der Waals surface area contributed by atoms with Crippen LogP contribution in [0.15, 0.2) is 47.2 Å². The van der Waals surface area contributed by atoms with Crippen molar-refractivity contribution in [2.24, 2.45) is 0 Å². The lowest BCUT2D eigenvalue weighted by Gasteiger charge is -2.21. The summed E-state index contributed by atoms with van der Waals surface area (Å²) in [7, 11) is 1.63. The lowest BCUT2D eigenvalue weighted by Crippen LogP contribution is -2.21. The van der Waals surface area contributed by atoms with Gasteiger partial charge in [-0.15, -0.1) is 0 Å². The molecule has 0 unspecified atom stereocenters. The first-order valence-corrected chi connectivity index (χ1v) is 9.62. The van der Waals surface area contributed by atoms with Crippen LogP contribution >= 0.6 is 0 Å². The molecule has 0 radical (unpaired) electrons. The molecule has 0 spiro atoms. The van der Waals surface area contributed by atoms with E-state index in [1.165, 1.54) is 0 Å². The number of fused-ring (bicyclic) bond motifs is 2. The summed E-state index contributed by atoms with van der Waals surface area (Å²) in [4.78, 5) is 30.5. The predicted octanol–water partition coefficient (Wildman–Crippen LogP) is 3.99. The Hall–Kier alpha value is -3.81. The molecule has 1 atom stereocenters. The fraction of sp³-hybridized carbons (Fsp3) is 0.227. The van der Waals surface area contributed by atoms with Crippen molar-refractivity contribution in [1.29, 1.82) is 0 Å². The molecule has 150 valence electrons. The van der Waals surface area contributed by atoms with Gasteiger partial charge in [0.2, 0.25) is 11.9 Å². The minimum atomic E-state index is -0.0168. The highest BCUT2D eigenvalue weighted by molar-refractivity contribution is 5.98. The van der Waals surface area contributed by atoms with Gasteiger partial charge in [0.15, 0.2) is 5.78 Å². The Morgan fingerprint density at radius 1 is 1.13 bits per heavy atom. The highest BCUT2D eigenvalue weighted by atomic mass is 16.5. The normalized spacial score (nSPS) is 15.8. The zero-order valence-corrected chi connectivity index (χ0v) is 16.5. The number of Topliss-reactive ketones (excluding diaryl/α,β-unsaturated/α-hetero) is 1. The van der Waals surface area contributed by atoms with Crippen molar-refractivity contribution in [3.8, 4) is 5.75 Å². The number of ketones is 1. The number of aromatic nitrogens is 4. The summed E-state index contributed by atoms with van der Waals surface area (Å²) < 4.78 is 10.8. The molecule has 5 rings (SSSR count). The average molecular weight is 401 g/mol. The minimum absolute atomic E-state index is 0.0168. The molecule has 0 saturated carbocycles. The molecule has 3 aromatic heterocycles. The number of hydrogen-bond acceptors (Lipinski definition) is 8. The van der Waals surface area contributed by atoms with Crippen molar-refractivity contribution in [2.45, 2.75) is 25.7 Å². The molecule has 0 fully saturated rings. The van der Waals surface area contributed by atoms with Crippen LogP contribution < -0.4 is 10.1 Å². The number of carbonyl (C=O) groups excluding carboxylic acids is 1. The third kappa shape index (κ3) is 3.26. The van der Waals surface area contributed by atoms with Gasteiger partial charge < -0.3 is 9.15 Å². The molecule has 8 nitrogen and oxygen atoms in total. The maximum atomic E-state index is 12.5. The molecule has 4 aromatic rings. The maximum absolute atomic E-state index is 12.5. The van der Waals surface area contributed by atoms with E-state index in [1.807, 2.05) is 37.3 Å². The number of methoxy groups -OCH3 is 1. The number of furan rings is 1. The zero-order valence-electron chi connectivity index (χ0n) is 16.5. The molecule has 0 saturated heterocycles. The van der Waals surface area contributed by atoms with Gasteiger partial charge in [-0.05, 0) is 37.3 Å². The van der Waals surface area contributed by atoms with Crippen molar-refractivity contribution in [3.05, 3.63) is 65.5 Å². The highest BCUT2D eigenvalue weighted by Gasteiger charge is 2.29. The summed E-state index contributed by atoms with van der Waals surface area (Å²) in [5.74, 6) is 2.31. The molecule has 1 aromatic carbocycles. The Morgan fingerprint density at radius 3 is 2.83 bits per heavy atom. The number of nitrogens with zero attached hydrogens (tertiary/aromatic N) is 4. The summed E-state index contributed by atoms with van der Waals surface area (Å²) in [6.45, 7) is 1.91. The monoisotopic (exact) mass is 401 g/mol. The quantitative estimate of drug-likeness (QED) is 0.548. The van der Waals surface area contributed by atoms with E-state index in [0.29, 0.717) is 36.0 Å². The van der Waals surface area contributed by atoms with Crippen LogP contribution in [0.25, 0.3) is 10.9 Å². The molecule has 30 heavy (non-hydrogen) atoms. The fourth-order valence-corrected chi connectivity index (χ4v) is 3.77. The summed E-state index contributed by atoms with van der Waals surface area (Å²) in [6.07, 6.45) is 4.21. The topological polar surface area (TPSA) is 103 Å². The summed E-state index contributed by atoms with van der Waals surface area (Å²) in [5.41, 5.74) is 2.86. The van der Waals surface area contributed by atoms with Crippen molar-refractivity contribution in [3.63, 3.8) is 0 Å². The molecule has 0 aliphatic heterocycles. The minimum Gasteiger partial charge on any atom is -0.497 e. The van der Waals surface area contributed by atoms with Crippen molar-refractivity contribution in [1.82, 2.24) is 19.9 Å². The number of hydrogen-bond donors (Lipinski definition) is 1. The SMILES string of the molecule is COc1ccc2nc(Nc3ncc4c(n3)C[C@@H](c3ccco3)CC4=O)nc(C)c2c1. The summed E-state index contributed by atoms with van der Waals surface area (Å²) in [6, 6.07) is 9.37. The molecule has 1 aliphatic carbocycles. The molecule has 8 heteroatoms. The number of rotatable bonds is 4. The third-order valence-electron chi connectivity index (χ3n) is 5.30. The van der Waals surface area contributed by atoms with E-state index in [2.05, 4.69) is 25.3 Å². The van der Waals surface area contributed by atoms with Crippen molar-refractivity contribution >= 4 is 28.6 Å². The molecular formula is C22H19N5O3. The van der Waals surface area contributed by atoms with Gasteiger partial charge in [-0.25, -0.2) is 19.9 Å². The van der Waals surface area contributed by atoms with Crippen LogP contribution in [0.4, 0.5) is 11.9 Å². The van der Waals surface area contributed by atoms with E-state index in [0.717, 1.165) is 28.1 Å². The second-order valence-corrected chi connectivity index (χ2v) is 7.24. The lowest BCUT2D eigenvalue weighted by atomic mass is 9.85. The van der Waals surface area contributed by atoms with E-state index in [4.69, 9.17) is 9.15 Å². The van der Waals surface area contributed by atoms with Gasteiger partial charge in [-0.3, -0.25) is 10.1 Å². The lowest BCUT2D eigenvalue weighted by molar-refractivity contribution is 0.0958. The molecule has 0 bridgehead atoms. The van der Waals surface area contributed by atoms with Crippen LogP contribution in [0.2, 0.25) is 0 Å². The maximum Gasteiger partial charge on any atom is 0.230 e. The van der Waals surface area contributed by atoms with Gasteiger partial charge in [-0.2, -0.15) is 0 Å². The van der Waals surface area contributed by atoms with Gasteiger partial charge in [0.05, 0.1) is 35.8 Å². The Morgan fingerprint density at radius 2 is 2.03 bits per heavy atom. The Bertz CT molecular complexity index is 1250. The molecular weight excluding hydrogens is 382 g/mol. The van der Waals surface area contributed by atoms with Crippen LogP contribution in [0, 0.1) is 6.92 Å². The van der Waals surface area contributed by atoms with Crippen LogP contribution in [-0.2, 0) is 6.42 Å². The Kier molecular flexibility index (Phi) is 4.39. The van der Waals surface area contributed by atoms with Crippen LogP contribution in [0.1, 0.15) is 39.8 Å². The van der Waals surface area contributed by atoms with Gasteiger partial charge in [0.25, 0.3) is 0 Å². The fourth-order valence-electron chi connectivity index (χ4n) is 3.77. The number of ether oxygens (including phenoxy) is 1. The Labute approximate surface area is 172 Å². The first kappa shape index (κ1) is 18.2. The first-order chi connectivity index (χ1) is 14.6. The number of nitrogens with one attached hydrogen (secondary N) is 1. The number of anilines is 2. The second-order valence-electron chi connectivity index (χ2n) is 7.24. The van der Waals surface area contributed by atoms with E-state index >= 15 is 0 Å². The van der Waals surface area contributed by atoms with E-state index in [1.54, 1.807) is 19.6 Å². The summed E-state index contributed by atoms with van der Waals surface area (Å²) >= 11 is 0. The van der Waals surface area contributed by atoms with Crippen molar-refractivity contribution < 1.29 is 13.9 Å². The van der Waals surface area contributed by atoms with E-state index in [9.17, 15) is 4.79 Å². The predicted molar refractivity (Wildman–Crippen MR) is 110 cm³/mol. The number of benzene rings is 1. The molecule has 0 amide bonds. The number of aryl methyl sites for hydroxylation is 1. The first-order valence-electron chi connectivity index (χ1n) is 9.62. The van der Waals surface area contributed by atoms with E-state index in [-0.39, 0.29) is 11.7 Å². The summed E-state index contributed by atoms with van der Waals surface area (Å²) in [5, 5.41) is 3.98. The largest absolute Gasteiger partial charge is 0.497 e. The molecule has 3 heterocycles.